The molecule has 6 heteroatoms. The van der Waals surface area contributed by atoms with Gasteiger partial charge < -0.3 is 0 Å². The number of hydrogen-bond donors (Lipinski definition) is 0. The lowest BCUT2D eigenvalue weighted by Gasteiger charge is -2.13. The van der Waals surface area contributed by atoms with Crippen LogP contribution in [0.3, 0.4) is 0 Å². The van der Waals surface area contributed by atoms with Crippen LogP contribution in [0.5, 0.6) is 0 Å². The highest BCUT2D eigenvalue weighted by Gasteiger charge is 2.20. The van der Waals surface area contributed by atoms with Crippen LogP contribution >= 0.6 is 34.0 Å². The van der Waals surface area contributed by atoms with Crippen molar-refractivity contribution in [3.63, 3.8) is 0 Å². The number of fused-ring (bicyclic) bond motifs is 30. The molecule has 24 rings (SSSR count). The first-order valence-electron chi connectivity index (χ1n) is 35.7. The third kappa shape index (κ3) is 9.51. The van der Waals surface area contributed by atoms with Gasteiger partial charge in [0, 0.05) is 107 Å². The smallest absolute Gasteiger partial charge is 0.0716 e. The van der Waals surface area contributed by atoms with Crippen LogP contribution in [0, 0.1) is 0 Å². The Kier molecular flexibility index (Phi) is 13.6. The molecule has 0 saturated carbocycles. The summed E-state index contributed by atoms with van der Waals surface area (Å²) < 4.78 is 7.92. The lowest BCUT2D eigenvalue weighted by molar-refractivity contribution is 1.37. The second-order valence-corrected chi connectivity index (χ2v) is 30.7. The molecule has 6 aromatic heterocycles. The van der Waals surface area contributed by atoms with E-state index in [2.05, 4.69) is 325 Å². The summed E-state index contributed by atoms with van der Waals surface area (Å²) in [5.74, 6) is 0. The second-order valence-electron chi connectivity index (χ2n) is 27.5. The molecule has 0 amide bonds. The van der Waals surface area contributed by atoms with E-state index in [0.29, 0.717) is 0 Å². The third-order valence-electron chi connectivity index (χ3n) is 21.9. The lowest BCUT2D eigenvalue weighted by Crippen LogP contribution is -1.87. The largest absolute Gasteiger partial charge is 0.264 e. The van der Waals surface area contributed by atoms with Crippen molar-refractivity contribution in [2.45, 2.75) is 0 Å². The van der Waals surface area contributed by atoms with E-state index >= 15 is 0 Å². The highest BCUT2D eigenvalue weighted by atomic mass is 32.1. The first kappa shape index (κ1) is 59.8. The Hall–Kier alpha value is -12.8. The van der Waals surface area contributed by atoms with Gasteiger partial charge in [-0.1, -0.05) is 249 Å². The molecule has 0 aliphatic carbocycles. The zero-order valence-corrected chi connectivity index (χ0v) is 58.9. The van der Waals surface area contributed by atoms with Crippen LogP contribution < -0.4 is 0 Å². The molecule has 6 heterocycles. The van der Waals surface area contributed by atoms with E-state index in [1.807, 2.05) is 64.9 Å². The predicted molar refractivity (Wildman–Crippen MR) is 458 cm³/mol. The number of pyridine rings is 3. The fourth-order valence-corrected chi connectivity index (χ4v) is 20.9. The molecule has 0 N–H and O–H groups in total. The van der Waals surface area contributed by atoms with Crippen LogP contribution in [0.1, 0.15) is 0 Å². The molecule has 0 aliphatic heterocycles. The molecule has 0 saturated heterocycles. The van der Waals surface area contributed by atoms with E-state index in [1.165, 1.54) is 212 Å². The van der Waals surface area contributed by atoms with Gasteiger partial charge in [-0.3, -0.25) is 15.0 Å². The normalized spacial score (nSPS) is 12.0. The Morgan fingerprint density at radius 3 is 1.10 bits per heavy atom. The maximum atomic E-state index is 4.76. The number of thiophene rings is 3. The van der Waals surface area contributed by atoms with Gasteiger partial charge in [0.25, 0.3) is 0 Å². The first-order valence-corrected chi connectivity index (χ1v) is 38.1. The minimum atomic E-state index is 1.04. The highest BCUT2D eigenvalue weighted by Crippen LogP contribution is 2.49. The molecule has 24 aromatic rings. The molecule has 0 fully saturated rings. The van der Waals surface area contributed by atoms with E-state index in [4.69, 9.17) is 4.98 Å². The molecule has 3 nitrogen and oxygen atoms in total. The summed E-state index contributed by atoms with van der Waals surface area (Å²) in [6, 6.07) is 118. The van der Waals surface area contributed by atoms with E-state index in [9.17, 15) is 0 Å². The summed E-state index contributed by atoms with van der Waals surface area (Å²) >= 11 is 5.63. The Balaban J connectivity index is 0.0000000986. The molecule has 0 unspecified atom stereocenters. The van der Waals surface area contributed by atoms with Crippen LogP contribution in [0.2, 0.25) is 0 Å². The Morgan fingerprint density at radius 2 is 0.581 bits per heavy atom. The van der Waals surface area contributed by atoms with Crippen molar-refractivity contribution >= 4 is 224 Å². The van der Waals surface area contributed by atoms with Gasteiger partial charge in [-0.2, -0.15) is 0 Å². The van der Waals surface area contributed by atoms with E-state index < -0.39 is 0 Å². The molecule has 0 bridgehead atoms. The SMILES string of the molecule is c1cc(-c2ccc3c4ccccc4c4ccccc4c3c2)c2sc3cc4cnccc4cc3c2c1.c1ccc2c(c1)sc1c(-c3ccc4c5ccccc5c5ccccc5c4c3)c3cccnc3cc12.c1cnc2cc3sc4c(-c5ccc6c7ccccc7c7ccccc7c6c5)cccc4c3cc2c1. The van der Waals surface area contributed by atoms with Crippen molar-refractivity contribution in [3.8, 4) is 33.4 Å². The lowest BCUT2D eigenvalue weighted by atomic mass is 9.91. The van der Waals surface area contributed by atoms with Crippen molar-refractivity contribution < 1.29 is 0 Å². The van der Waals surface area contributed by atoms with Gasteiger partial charge in [0.1, 0.15) is 0 Å². The van der Waals surface area contributed by atoms with Gasteiger partial charge >= 0.3 is 0 Å². The maximum Gasteiger partial charge on any atom is 0.0716 e. The second kappa shape index (κ2) is 23.9. The third-order valence-corrected chi connectivity index (χ3v) is 25.5. The number of aromatic nitrogens is 3. The summed E-state index contributed by atoms with van der Waals surface area (Å²) in [6.45, 7) is 0. The van der Waals surface area contributed by atoms with Crippen molar-refractivity contribution in [3.05, 3.63) is 346 Å². The van der Waals surface area contributed by atoms with Crippen LogP contribution in [0.25, 0.3) is 223 Å². The molecular weight excluding hydrogens is 1330 g/mol. The predicted octanol–water partition coefficient (Wildman–Crippen LogP) is 29.2. The zero-order chi connectivity index (χ0) is 68.8. The topological polar surface area (TPSA) is 38.7 Å². The van der Waals surface area contributed by atoms with Gasteiger partial charge in [0.15, 0.2) is 0 Å². The minimum Gasteiger partial charge on any atom is -0.264 e. The van der Waals surface area contributed by atoms with E-state index in [1.54, 1.807) is 0 Å². The highest BCUT2D eigenvalue weighted by molar-refractivity contribution is 7.27. The Labute approximate surface area is 614 Å². The van der Waals surface area contributed by atoms with E-state index in [-0.39, 0.29) is 0 Å². The Morgan fingerprint density at radius 1 is 0.190 bits per heavy atom. The molecule has 0 spiro atoms. The summed E-state index contributed by atoms with van der Waals surface area (Å²) in [4.78, 5) is 13.7. The minimum absolute atomic E-state index is 1.04. The standard InChI is InChI=1S/3C33H19NS/c1-2-10-25-23(8-1)24-9-3-4-11-26(24)29-17-20(14-15-27(25)29)22-12-5-13-28-30-18-21-7-6-16-34-31(21)19-32(30)35-33(22)28;1-2-10-23-21(8-1)22-9-3-4-11-24(22)28-18-20(15-16-25(23)28)32-27-13-7-17-34-30(27)19-29-26-12-5-6-14-31(26)35-33(29)32;1-2-8-26-24(6-1)25-7-3-4-9-27(25)30-17-21(12-13-28(26)30)23-10-5-11-29-31-16-20-14-15-34-19-22(20)18-32(31)35-33(23)29/h3*1-19H. The van der Waals surface area contributed by atoms with Crippen LogP contribution in [0.4, 0.5) is 0 Å². The van der Waals surface area contributed by atoms with Gasteiger partial charge in [0.05, 0.1) is 11.0 Å². The number of nitrogens with zero attached hydrogens (tertiary/aromatic N) is 3. The molecule has 105 heavy (non-hydrogen) atoms. The molecular formula is C99H57N3S3. The van der Waals surface area contributed by atoms with Crippen LogP contribution in [-0.4, -0.2) is 15.0 Å². The van der Waals surface area contributed by atoms with E-state index in [0.717, 1.165) is 11.0 Å². The van der Waals surface area contributed by atoms with Gasteiger partial charge in [-0.05, 0) is 203 Å². The molecule has 0 aliphatic rings. The van der Waals surface area contributed by atoms with Crippen LogP contribution in [0.15, 0.2) is 346 Å². The maximum absolute atomic E-state index is 4.76. The summed E-state index contributed by atoms with van der Waals surface area (Å²) in [6.07, 6.45) is 7.60. The first-order chi connectivity index (χ1) is 52.1. The summed E-state index contributed by atoms with van der Waals surface area (Å²) in [7, 11) is 0. The van der Waals surface area contributed by atoms with Gasteiger partial charge in [-0.15, -0.1) is 34.0 Å². The molecule has 0 radical (unpaired) electrons. The average Bonchev–Trinajstić information content (AvgIpc) is 1.69. The fraction of sp³-hybridized carbons (Fsp3) is 0. The van der Waals surface area contributed by atoms with Gasteiger partial charge in [-0.25, -0.2) is 0 Å². The molecule has 486 valence electrons. The summed E-state index contributed by atoms with van der Waals surface area (Å²) in [5.41, 5.74) is 9.74. The zero-order valence-electron chi connectivity index (χ0n) is 56.5. The van der Waals surface area contributed by atoms with Gasteiger partial charge in [0.2, 0.25) is 0 Å². The van der Waals surface area contributed by atoms with Crippen molar-refractivity contribution in [1.82, 2.24) is 15.0 Å². The van der Waals surface area contributed by atoms with Crippen molar-refractivity contribution in [2.75, 3.05) is 0 Å². The average molecular weight is 1380 g/mol. The Bertz CT molecular complexity index is 7400. The fourth-order valence-electron chi connectivity index (χ4n) is 17.1. The molecule has 0 atom stereocenters. The summed E-state index contributed by atoms with van der Waals surface area (Å²) in [5, 5.41) is 36.2. The van der Waals surface area contributed by atoms with Crippen molar-refractivity contribution in [2.24, 2.45) is 0 Å². The number of rotatable bonds is 3. The quantitative estimate of drug-likeness (QED) is 0.166. The number of benzene rings is 18. The monoisotopic (exact) mass is 1380 g/mol. The molecule has 18 aromatic carbocycles. The van der Waals surface area contributed by atoms with Crippen LogP contribution in [-0.2, 0) is 0 Å². The number of hydrogen-bond acceptors (Lipinski definition) is 6. The van der Waals surface area contributed by atoms with Crippen molar-refractivity contribution in [1.29, 1.82) is 0 Å².